The SMILES string of the molecule is CCc1cc2ccc(C)cc2[s+]1C(F)(F)F.[Cl-]. The first kappa shape index (κ1) is 14.3. The van der Waals surface area contributed by atoms with Crippen molar-refractivity contribution in [1.82, 2.24) is 0 Å². The molecule has 17 heavy (non-hydrogen) atoms. The van der Waals surface area contributed by atoms with Crippen LogP contribution in [0.5, 0.6) is 0 Å². The summed E-state index contributed by atoms with van der Waals surface area (Å²) in [5.41, 5.74) is -3.27. The minimum Gasteiger partial charge on any atom is -1.00 e. The van der Waals surface area contributed by atoms with E-state index in [1.807, 2.05) is 13.0 Å². The highest BCUT2D eigenvalue weighted by atomic mass is 35.5. The second kappa shape index (κ2) is 4.86. The zero-order valence-corrected chi connectivity index (χ0v) is 11.0. The van der Waals surface area contributed by atoms with Crippen molar-refractivity contribution >= 4 is 20.6 Å². The fourth-order valence-corrected chi connectivity index (χ4v) is 3.86. The Morgan fingerprint density at radius 3 is 2.35 bits per heavy atom. The summed E-state index contributed by atoms with van der Waals surface area (Å²) in [5, 5.41) is 0.725. The van der Waals surface area contributed by atoms with Gasteiger partial charge in [0.05, 0.1) is 10.5 Å². The molecule has 0 N–H and O–H groups in total. The number of thiophene rings is 1. The maximum absolute atomic E-state index is 13.0. The van der Waals surface area contributed by atoms with Crippen LogP contribution < -0.4 is 12.4 Å². The molecule has 0 aliphatic carbocycles. The third-order valence-electron chi connectivity index (χ3n) is 2.55. The van der Waals surface area contributed by atoms with Crippen LogP contribution in [0.25, 0.3) is 10.1 Å². The molecule has 0 saturated heterocycles. The van der Waals surface area contributed by atoms with Crippen LogP contribution in [0.4, 0.5) is 13.2 Å². The van der Waals surface area contributed by atoms with Gasteiger partial charge in [0.1, 0.15) is 0 Å². The van der Waals surface area contributed by atoms with E-state index in [2.05, 4.69) is 0 Å². The lowest BCUT2D eigenvalue weighted by molar-refractivity contribution is -0.0867. The Labute approximate surface area is 107 Å². The molecule has 94 valence electrons. The number of alkyl halides is 3. The first-order chi connectivity index (χ1) is 7.43. The maximum Gasteiger partial charge on any atom is 0.600 e. The molecule has 1 atom stereocenters. The fourth-order valence-electron chi connectivity index (χ4n) is 1.83. The lowest BCUT2D eigenvalue weighted by Crippen LogP contribution is -3.00. The molecule has 0 spiro atoms. The van der Waals surface area contributed by atoms with Crippen molar-refractivity contribution in [2.24, 2.45) is 0 Å². The highest BCUT2D eigenvalue weighted by Crippen LogP contribution is 2.51. The molecule has 0 radical (unpaired) electrons. The summed E-state index contributed by atoms with van der Waals surface area (Å²) >= 11 is 0. The molecule has 0 saturated carbocycles. The molecule has 0 aliphatic heterocycles. The molecule has 1 heterocycles. The van der Waals surface area contributed by atoms with Gasteiger partial charge in [0.25, 0.3) is 0 Å². The van der Waals surface area contributed by atoms with Gasteiger partial charge in [-0.1, -0.05) is 13.0 Å². The molecule has 2 aromatic rings. The summed E-state index contributed by atoms with van der Waals surface area (Å²) in [6.45, 7) is 3.60. The number of fused-ring (bicyclic) bond motifs is 1. The summed E-state index contributed by atoms with van der Waals surface area (Å²) < 4.78 is 39.4. The van der Waals surface area contributed by atoms with Crippen LogP contribution in [0.1, 0.15) is 17.4 Å². The second-order valence-corrected chi connectivity index (χ2v) is 5.80. The molecular formula is C12H12ClF3S. The summed E-state index contributed by atoms with van der Waals surface area (Å²) in [7, 11) is -1.71. The first-order valence-corrected chi connectivity index (χ1v) is 6.28. The molecule has 0 nitrogen and oxygen atoms in total. The minimum absolute atomic E-state index is 0. The Balaban J connectivity index is 0.00000144. The van der Waals surface area contributed by atoms with Crippen molar-refractivity contribution < 1.29 is 25.6 Å². The highest BCUT2D eigenvalue weighted by Gasteiger charge is 2.47. The number of hydrogen-bond donors (Lipinski definition) is 0. The Morgan fingerprint density at radius 1 is 1.18 bits per heavy atom. The van der Waals surface area contributed by atoms with E-state index in [0.29, 0.717) is 16.0 Å². The van der Waals surface area contributed by atoms with Gasteiger partial charge in [0.15, 0.2) is 9.58 Å². The van der Waals surface area contributed by atoms with Gasteiger partial charge in [-0.3, -0.25) is 0 Å². The summed E-state index contributed by atoms with van der Waals surface area (Å²) in [6, 6.07) is 6.97. The van der Waals surface area contributed by atoms with E-state index in [0.717, 1.165) is 10.9 Å². The van der Waals surface area contributed by atoms with Gasteiger partial charge in [-0.2, -0.15) is 0 Å². The summed E-state index contributed by atoms with van der Waals surface area (Å²) in [6.07, 6.45) is 0.455. The Kier molecular flexibility index (Phi) is 4.10. The molecule has 0 fully saturated rings. The smallest absolute Gasteiger partial charge is 0.600 e. The van der Waals surface area contributed by atoms with Crippen LogP contribution in [0.15, 0.2) is 24.3 Å². The Morgan fingerprint density at radius 2 is 1.82 bits per heavy atom. The van der Waals surface area contributed by atoms with Crippen LogP contribution in [-0.4, -0.2) is 0 Å². The van der Waals surface area contributed by atoms with Gasteiger partial charge in [-0.25, -0.2) is 0 Å². The first-order valence-electron chi connectivity index (χ1n) is 5.06. The predicted molar refractivity (Wildman–Crippen MR) is 61.8 cm³/mol. The van der Waals surface area contributed by atoms with E-state index in [9.17, 15) is 13.2 Å². The average molecular weight is 281 g/mol. The van der Waals surface area contributed by atoms with E-state index in [1.165, 1.54) is 0 Å². The number of rotatable bonds is 1. The van der Waals surface area contributed by atoms with Gasteiger partial charge in [0.2, 0.25) is 0 Å². The number of aryl methyl sites for hydroxylation is 2. The van der Waals surface area contributed by atoms with E-state index < -0.39 is 16.0 Å². The number of halogens is 4. The third-order valence-corrected chi connectivity index (χ3v) is 4.73. The van der Waals surface area contributed by atoms with Crippen LogP contribution in [-0.2, 0) is 11.9 Å². The summed E-state index contributed by atoms with van der Waals surface area (Å²) in [4.78, 5) is 0.494. The molecule has 0 aliphatic rings. The molecule has 1 aromatic carbocycles. The molecular weight excluding hydrogens is 269 g/mol. The van der Waals surface area contributed by atoms with E-state index in [4.69, 9.17) is 0 Å². The van der Waals surface area contributed by atoms with E-state index in [-0.39, 0.29) is 12.4 Å². The van der Waals surface area contributed by atoms with Crippen molar-refractivity contribution in [3.8, 4) is 0 Å². The van der Waals surface area contributed by atoms with E-state index >= 15 is 0 Å². The zero-order valence-electron chi connectivity index (χ0n) is 9.44. The molecule has 1 unspecified atom stereocenters. The van der Waals surface area contributed by atoms with Crippen molar-refractivity contribution in [3.63, 3.8) is 0 Å². The molecule has 0 amide bonds. The zero-order chi connectivity index (χ0) is 11.9. The standard InChI is InChI=1S/C12H12F3S.ClH/c1-3-10-7-9-5-4-8(2)6-11(9)16(10)12(13,14)15;/h4-7H,3H2,1-2H3;1H/q+1;/p-1. The number of benzene rings is 1. The molecule has 0 bridgehead atoms. The van der Waals surface area contributed by atoms with E-state index in [1.54, 1.807) is 25.1 Å². The largest absolute Gasteiger partial charge is 1.00 e. The van der Waals surface area contributed by atoms with Crippen LogP contribution in [0.2, 0.25) is 0 Å². The highest BCUT2D eigenvalue weighted by molar-refractivity contribution is 7.38. The monoisotopic (exact) mass is 280 g/mol. The molecule has 1 aromatic heterocycles. The van der Waals surface area contributed by atoms with Crippen LogP contribution in [0, 0.1) is 6.92 Å². The van der Waals surface area contributed by atoms with Crippen LogP contribution in [0.3, 0.4) is 0 Å². The number of hydrogen-bond acceptors (Lipinski definition) is 0. The van der Waals surface area contributed by atoms with Crippen molar-refractivity contribution in [2.75, 3.05) is 0 Å². The van der Waals surface area contributed by atoms with Gasteiger partial charge in [-0.05, 0) is 18.6 Å². The fraction of sp³-hybridized carbons (Fsp3) is 0.333. The lowest BCUT2D eigenvalue weighted by atomic mass is 10.2. The van der Waals surface area contributed by atoms with Gasteiger partial charge in [-0.15, -0.1) is 13.2 Å². The van der Waals surface area contributed by atoms with Gasteiger partial charge in [0, 0.05) is 23.9 Å². The van der Waals surface area contributed by atoms with Crippen molar-refractivity contribution in [2.45, 2.75) is 25.8 Å². The molecule has 5 heteroatoms. The Hall–Kier alpha value is -0.740. The topological polar surface area (TPSA) is 0 Å². The van der Waals surface area contributed by atoms with Crippen molar-refractivity contribution in [1.29, 1.82) is 0 Å². The quantitative estimate of drug-likeness (QED) is 0.701. The normalized spacial score (nSPS) is 12.6. The third kappa shape index (κ3) is 2.58. The summed E-state index contributed by atoms with van der Waals surface area (Å²) in [5.74, 6) is 0. The molecule has 2 rings (SSSR count). The average Bonchev–Trinajstić information content (AvgIpc) is 2.54. The predicted octanol–water partition coefficient (Wildman–Crippen LogP) is 1.94. The second-order valence-electron chi connectivity index (χ2n) is 3.76. The van der Waals surface area contributed by atoms with Gasteiger partial charge >= 0.3 is 5.51 Å². The Bertz CT molecular complexity index is 528. The lowest BCUT2D eigenvalue weighted by Gasteiger charge is -1.98. The maximum atomic E-state index is 13.0. The van der Waals surface area contributed by atoms with Crippen LogP contribution >= 0.6 is 10.5 Å². The van der Waals surface area contributed by atoms with Crippen molar-refractivity contribution in [3.05, 3.63) is 34.7 Å². The minimum atomic E-state index is -4.15. The van der Waals surface area contributed by atoms with Gasteiger partial charge < -0.3 is 12.4 Å².